The van der Waals surface area contributed by atoms with Crippen LogP contribution in [-0.4, -0.2) is 23.1 Å². The van der Waals surface area contributed by atoms with Crippen molar-refractivity contribution in [2.45, 2.75) is 18.8 Å². The molecule has 2 aromatic rings. The lowest BCUT2D eigenvalue weighted by molar-refractivity contribution is 0.454. The standard InChI is InChI=1S/C13H14FN3O/c14-9-1-2-10-11(7-9)16-13(18)17-12(10)8-3-5-15-6-4-8/h1-2,7-8,15H,3-6H2,(H,16,17,18). The average Bonchev–Trinajstić information content (AvgIpc) is 2.38. The van der Waals surface area contributed by atoms with Gasteiger partial charge in [-0.3, -0.25) is 0 Å². The summed E-state index contributed by atoms with van der Waals surface area (Å²) in [6.07, 6.45) is 1.96. The van der Waals surface area contributed by atoms with Crippen LogP contribution in [0.1, 0.15) is 24.5 Å². The Balaban J connectivity index is 2.17. The Morgan fingerprint density at radius 2 is 2.06 bits per heavy atom. The molecular formula is C13H14FN3O. The van der Waals surface area contributed by atoms with Gasteiger partial charge in [0.05, 0.1) is 5.52 Å². The largest absolute Gasteiger partial charge is 0.345 e. The molecule has 4 nitrogen and oxygen atoms in total. The summed E-state index contributed by atoms with van der Waals surface area (Å²) in [4.78, 5) is 18.2. The molecule has 0 radical (unpaired) electrons. The van der Waals surface area contributed by atoms with Crippen molar-refractivity contribution in [3.8, 4) is 0 Å². The first-order chi connectivity index (χ1) is 8.74. The van der Waals surface area contributed by atoms with Crippen molar-refractivity contribution in [1.82, 2.24) is 15.3 Å². The number of rotatable bonds is 1. The Hall–Kier alpha value is -1.75. The molecule has 1 aromatic carbocycles. The Morgan fingerprint density at radius 1 is 1.28 bits per heavy atom. The summed E-state index contributed by atoms with van der Waals surface area (Å²) in [7, 11) is 0. The highest BCUT2D eigenvalue weighted by Crippen LogP contribution is 2.28. The summed E-state index contributed by atoms with van der Waals surface area (Å²) in [6, 6.07) is 4.42. The van der Waals surface area contributed by atoms with Crippen LogP contribution in [0.15, 0.2) is 23.0 Å². The summed E-state index contributed by atoms with van der Waals surface area (Å²) in [6.45, 7) is 1.88. The molecule has 0 unspecified atom stereocenters. The molecule has 94 valence electrons. The molecule has 0 saturated carbocycles. The van der Waals surface area contributed by atoms with Crippen LogP contribution < -0.4 is 11.0 Å². The van der Waals surface area contributed by atoms with Crippen molar-refractivity contribution in [2.24, 2.45) is 0 Å². The van der Waals surface area contributed by atoms with Crippen LogP contribution in [0.25, 0.3) is 10.9 Å². The number of benzene rings is 1. The van der Waals surface area contributed by atoms with Crippen LogP contribution in [0.2, 0.25) is 0 Å². The first kappa shape index (κ1) is 11.3. The molecule has 18 heavy (non-hydrogen) atoms. The molecule has 0 amide bonds. The Morgan fingerprint density at radius 3 is 2.83 bits per heavy atom. The number of hydrogen-bond acceptors (Lipinski definition) is 3. The maximum Gasteiger partial charge on any atom is 0.345 e. The molecule has 5 heteroatoms. The lowest BCUT2D eigenvalue weighted by Gasteiger charge is -2.23. The van der Waals surface area contributed by atoms with Crippen molar-refractivity contribution in [3.63, 3.8) is 0 Å². The minimum atomic E-state index is -0.401. The summed E-state index contributed by atoms with van der Waals surface area (Å²) in [5.41, 5.74) is 0.931. The van der Waals surface area contributed by atoms with E-state index in [2.05, 4.69) is 15.3 Å². The van der Waals surface area contributed by atoms with Crippen LogP contribution in [0.4, 0.5) is 4.39 Å². The van der Waals surface area contributed by atoms with E-state index in [1.54, 1.807) is 6.07 Å². The van der Waals surface area contributed by atoms with Gasteiger partial charge in [0.1, 0.15) is 5.82 Å². The average molecular weight is 247 g/mol. The zero-order chi connectivity index (χ0) is 12.5. The van der Waals surface area contributed by atoms with Crippen LogP contribution in [0.5, 0.6) is 0 Å². The maximum atomic E-state index is 13.2. The molecule has 3 rings (SSSR count). The van der Waals surface area contributed by atoms with E-state index in [1.165, 1.54) is 12.1 Å². The minimum Gasteiger partial charge on any atom is -0.317 e. The topological polar surface area (TPSA) is 57.8 Å². The summed E-state index contributed by atoms with van der Waals surface area (Å²) in [5.74, 6) is -0.0493. The molecule has 0 bridgehead atoms. The molecule has 1 saturated heterocycles. The molecule has 1 aliphatic rings. The lowest BCUT2D eigenvalue weighted by atomic mass is 9.92. The van der Waals surface area contributed by atoms with Gasteiger partial charge in [-0.25, -0.2) is 9.18 Å². The van der Waals surface area contributed by atoms with Crippen LogP contribution in [-0.2, 0) is 0 Å². The smallest absolute Gasteiger partial charge is 0.317 e. The van der Waals surface area contributed by atoms with E-state index < -0.39 is 5.69 Å². The highest BCUT2D eigenvalue weighted by atomic mass is 19.1. The third-order valence-corrected chi connectivity index (χ3v) is 3.46. The van der Waals surface area contributed by atoms with Crippen molar-refractivity contribution < 1.29 is 4.39 Å². The molecule has 0 spiro atoms. The Bertz CT molecular complexity index is 632. The second kappa shape index (κ2) is 4.49. The number of halogens is 1. The number of piperidine rings is 1. The maximum absolute atomic E-state index is 13.2. The zero-order valence-electron chi connectivity index (χ0n) is 9.87. The quantitative estimate of drug-likeness (QED) is 0.803. The van der Waals surface area contributed by atoms with Crippen LogP contribution >= 0.6 is 0 Å². The molecule has 2 heterocycles. The highest BCUT2D eigenvalue weighted by Gasteiger charge is 2.19. The lowest BCUT2D eigenvalue weighted by Crippen LogP contribution is -2.28. The molecular weight excluding hydrogens is 233 g/mol. The molecule has 1 fully saturated rings. The van der Waals surface area contributed by atoms with Crippen molar-refractivity contribution in [3.05, 3.63) is 40.2 Å². The van der Waals surface area contributed by atoms with Gasteiger partial charge in [0.2, 0.25) is 0 Å². The third kappa shape index (κ3) is 2.01. The highest BCUT2D eigenvalue weighted by molar-refractivity contribution is 5.81. The fourth-order valence-electron chi connectivity index (χ4n) is 2.58. The first-order valence-corrected chi connectivity index (χ1v) is 6.14. The van der Waals surface area contributed by atoms with E-state index in [-0.39, 0.29) is 5.82 Å². The Labute approximate surface area is 103 Å². The summed E-state index contributed by atoms with van der Waals surface area (Å²) in [5, 5.41) is 4.14. The molecule has 0 aliphatic carbocycles. The van der Waals surface area contributed by atoms with Crippen molar-refractivity contribution >= 4 is 10.9 Å². The number of aromatic amines is 1. The Kier molecular flexibility index (Phi) is 2.83. The van der Waals surface area contributed by atoms with E-state index >= 15 is 0 Å². The van der Waals surface area contributed by atoms with E-state index in [0.717, 1.165) is 37.0 Å². The predicted molar refractivity (Wildman–Crippen MR) is 67.2 cm³/mol. The molecule has 1 aromatic heterocycles. The van der Waals surface area contributed by atoms with Gasteiger partial charge in [-0.05, 0) is 38.1 Å². The predicted octanol–water partition coefficient (Wildman–Crippen LogP) is 1.53. The van der Waals surface area contributed by atoms with Gasteiger partial charge in [0, 0.05) is 23.1 Å². The van der Waals surface area contributed by atoms with Crippen LogP contribution in [0, 0.1) is 5.82 Å². The second-order valence-electron chi connectivity index (χ2n) is 4.64. The monoisotopic (exact) mass is 247 g/mol. The first-order valence-electron chi connectivity index (χ1n) is 6.14. The molecule has 1 aliphatic heterocycles. The fraction of sp³-hybridized carbons (Fsp3) is 0.385. The molecule has 2 N–H and O–H groups in total. The van der Waals surface area contributed by atoms with Crippen LogP contribution in [0.3, 0.4) is 0 Å². The summed E-state index contributed by atoms with van der Waals surface area (Å²) < 4.78 is 13.2. The number of hydrogen-bond donors (Lipinski definition) is 2. The fourth-order valence-corrected chi connectivity index (χ4v) is 2.58. The third-order valence-electron chi connectivity index (χ3n) is 3.46. The number of nitrogens with zero attached hydrogens (tertiary/aromatic N) is 1. The summed E-state index contributed by atoms with van der Waals surface area (Å²) >= 11 is 0. The SMILES string of the molecule is O=c1nc2cc(F)ccc2c(C2CCNCC2)[nH]1. The van der Waals surface area contributed by atoms with Gasteiger partial charge in [0.25, 0.3) is 0 Å². The second-order valence-corrected chi connectivity index (χ2v) is 4.64. The van der Waals surface area contributed by atoms with Gasteiger partial charge in [-0.2, -0.15) is 4.98 Å². The van der Waals surface area contributed by atoms with E-state index in [0.29, 0.717) is 11.4 Å². The minimum absolute atomic E-state index is 0.315. The zero-order valence-corrected chi connectivity index (χ0v) is 9.87. The normalized spacial score (nSPS) is 17.2. The number of fused-ring (bicyclic) bond motifs is 1. The van der Waals surface area contributed by atoms with E-state index in [9.17, 15) is 9.18 Å². The number of H-pyrrole nitrogens is 1. The molecule has 0 atom stereocenters. The van der Waals surface area contributed by atoms with E-state index in [4.69, 9.17) is 0 Å². The number of nitrogens with one attached hydrogen (secondary N) is 2. The van der Waals surface area contributed by atoms with Gasteiger partial charge < -0.3 is 10.3 Å². The van der Waals surface area contributed by atoms with Crippen molar-refractivity contribution in [1.29, 1.82) is 0 Å². The number of aromatic nitrogens is 2. The van der Waals surface area contributed by atoms with E-state index in [1.807, 2.05) is 0 Å². The van der Waals surface area contributed by atoms with Gasteiger partial charge in [0.15, 0.2) is 0 Å². The van der Waals surface area contributed by atoms with Gasteiger partial charge >= 0.3 is 5.69 Å². The van der Waals surface area contributed by atoms with Gasteiger partial charge in [-0.1, -0.05) is 0 Å². The van der Waals surface area contributed by atoms with Crippen molar-refractivity contribution in [2.75, 3.05) is 13.1 Å². The van der Waals surface area contributed by atoms with Gasteiger partial charge in [-0.15, -0.1) is 0 Å².